The van der Waals surface area contributed by atoms with Gasteiger partial charge in [-0.2, -0.15) is 0 Å². The van der Waals surface area contributed by atoms with E-state index in [1.807, 2.05) is 42.5 Å². The van der Waals surface area contributed by atoms with E-state index in [4.69, 9.17) is 25.8 Å². The van der Waals surface area contributed by atoms with Crippen LogP contribution in [0.2, 0.25) is 5.02 Å². The largest absolute Gasteiger partial charge is 0.492 e. The highest BCUT2D eigenvalue weighted by molar-refractivity contribution is 6.32. The number of esters is 1. The molecule has 0 N–H and O–H groups in total. The SMILES string of the molecule is CCCCCCCCOc1ccc(-c2ccc(C(=O)Oc3ccc(OC(C)CCCCCC)cc3)cc2)cc1Cl. The summed E-state index contributed by atoms with van der Waals surface area (Å²) in [5, 5.41) is 0.588. The van der Waals surface area contributed by atoms with Gasteiger partial charge in [0, 0.05) is 0 Å². The number of ether oxygens (including phenoxy) is 3. The van der Waals surface area contributed by atoms with E-state index in [2.05, 4.69) is 20.8 Å². The molecule has 3 aromatic rings. The third-order valence-corrected chi connectivity index (χ3v) is 7.27. The number of carbonyl (C=O) groups is 1. The third-order valence-electron chi connectivity index (χ3n) is 6.98. The zero-order valence-corrected chi connectivity index (χ0v) is 25.2. The fourth-order valence-corrected chi connectivity index (χ4v) is 4.80. The Kier molecular flexibility index (Phi) is 13.9. The molecular formula is C35H45ClO4. The van der Waals surface area contributed by atoms with Gasteiger partial charge in [-0.15, -0.1) is 0 Å². The second-order valence-corrected chi connectivity index (χ2v) is 10.9. The maximum atomic E-state index is 12.7. The van der Waals surface area contributed by atoms with Crippen molar-refractivity contribution in [3.05, 3.63) is 77.3 Å². The van der Waals surface area contributed by atoms with Crippen LogP contribution in [0.15, 0.2) is 66.7 Å². The molecule has 0 saturated heterocycles. The van der Waals surface area contributed by atoms with Crippen LogP contribution in [0, 0.1) is 0 Å². The lowest BCUT2D eigenvalue weighted by Gasteiger charge is -2.15. The molecular weight excluding hydrogens is 520 g/mol. The van der Waals surface area contributed by atoms with Crippen molar-refractivity contribution in [1.82, 2.24) is 0 Å². The second kappa shape index (κ2) is 17.7. The van der Waals surface area contributed by atoms with E-state index in [1.165, 1.54) is 57.8 Å². The monoisotopic (exact) mass is 564 g/mol. The molecule has 0 spiro atoms. The summed E-state index contributed by atoms with van der Waals surface area (Å²) in [6.45, 7) is 7.21. The Bertz CT molecular complexity index is 1140. The zero-order valence-electron chi connectivity index (χ0n) is 24.4. The molecule has 0 saturated carbocycles. The number of hydrogen-bond acceptors (Lipinski definition) is 4. The van der Waals surface area contributed by atoms with Gasteiger partial charge in [0.25, 0.3) is 0 Å². The molecule has 0 aliphatic rings. The molecule has 0 aromatic heterocycles. The Labute approximate surface area is 246 Å². The van der Waals surface area contributed by atoms with Gasteiger partial charge in [0.2, 0.25) is 0 Å². The first-order valence-electron chi connectivity index (χ1n) is 15.0. The quantitative estimate of drug-likeness (QED) is 0.0875. The topological polar surface area (TPSA) is 44.8 Å². The predicted molar refractivity (Wildman–Crippen MR) is 166 cm³/mol. The van der Waals surface area contributed by atoms with Gasteiger partial charge in [-0.1, -0.05) is 95.0 Å². The van der Waals surface area contributed by atoms with Crippen molar-refractivity contribution in [2.45, 2.75) is 97.5 Å². The lowest BCUT2D eigenvalue weighted by Crippen LogP contribution is -2.11. The molecule has 0 aliphatic heterocycles. The van der Waals surface area contributed by atoms with Crippen LogP contribution in [0.4, 0.5) is 0 Å². The summed E-state index contributed by atoms with van der Waals surface area (Å²) in [6, 6.07) is 20.4. The van der Waals surface area contributed by atoms with Crippen molar-refractivity contribution in [2.24, 2.45) is 0 Å². The van der Waals surface area contributed by atoms with Crippen molar-refractivity contribution < 1.29 is 19.0 Å². The average Bonchev–Trinajstić information content (AvgIpc) is 2.96. The van der Waals surface area contributed by atoms with Gasteiger partial charge >= 0.3 is 5.97 Å². The number of halogens is 1. The van der Waals surface area contributed by atoms with E-state index in [9.17, 15) is 4.79 Å². The summed E-state index contributed by atoms with van der Waals surface area (Å²) in [6.07, 6.45) is 13.5. The minimum atomic E-state index is -0.402. The normalized spacial score (nSPS) is 11.7. The molecule has 0 amide bonds. The van der Waals surface area contributed by atoms with Gasteiger partial charge in [0.1, 0.15) is 17.2 Å². The first-order chi connectivity index (χ1) is 19.5. The highest BCUT2D eigenvalue weighted by Gasteiger charge is 2.11. The van der Waals surface area contributed by atoms with E-state index < -0.39 is 5.97 Å². The van der Waals surface area contributed by atoms with Gasteiger partial charge in [-0.05, 0) is 85.8 Å². The van der Waals surface area contributed by atoms with Crippen LogP contribution in [0.5, 0.6) is 17.2 Å². The molecule has 5 heteroatoms. The average molecular weight is 565 g/mol. The van der Waals surface area contributed by atoms with Crippen LogP contribution < -0.4 is 14.2 Å². The zero-order chi connectivity index (χ0) is 28.6. The Hall–Kier alpha value is -2.98. The van der Waals surface area contributed by atoms with Crippen LogP contribution >= 0.6 is 11.6 Å². The van der Waals surface area contributed by atoms with Gasteiger partial charge in [-0.3, -0.25) is 0 Å². The molecule has 1 unspecified atom stereocenters. The molecule has 0 aliphatic carbocycles. The lowest BCUT2D eigenvalue weighted by atomic mass is 10.0. The van der Waals surface area contributed by atoms with Crippen LogP contribution in [0.3, 0.4) is 0 Å². The number of unbranched alkanes of at least 4 members (excludes halogenated alkanes) is 8. The van der Waals surface area contributed by atoms with Crippen molar-refractivity contribution >= 4 is 17.6 Å². The molecule has 1 atom stereocenters. The van der Waals surface area contributed by atoms with Gasteiger partial charge in [0.15, 0.2) is 0 Å². The second-order valence-electron chi connectivity index (χ2n) is 10.5. The van der Waals surface area contributed by atoms with Crippen molar-refractivity contribution in [3.63, 3.8) is 0 Å². The van der Waals surface area contributed by atoms with Crippen LogP contribution in [-0.2, 0) is 0 Å². The fraction of sp³-hybridized carbons (Fsp3) is 0.457. The summed E-state index contributed by atoms with van der Waals surface area (Å²) in [5.74, 6) is 1.57. The molecule has 0 radical (unpaired) electrons. The summed E-state index contributed by atoms with van der Waals surface area (Å²) < 4.78 is 17.5. The van der Waals surface area contributed by atoms with Crippen LogP contribution in [0.1, 0.15) is 102 Å². The Balaban J connectivity index is 1.47. The molecule has 216 valence electrons. The third kappa shape index (κ3) is 10.9. The highest BCUT2D eigenvalue weighted by Crippen LogP contribution is 2.31. The molecule has 3 rings (SSSR count). The molecule has 0 fully saturated rings. The van der Waals surface area contributed by atoms with E-state index in [1.54, 1.807) is 24.3 Å². The Morgan fingerprint density at radius 1 is 0.725 bits per heavy atom. The first kappa shape index (κ1) is 31.5. The maximum absolute atomic E-state index is 12.7. The molecule has 4 nitrogen and oxygen atoms in total. The minimum absolute atomic E-state index is 0.160. The molecule has 40 heavy (non-hydrogen) atoms. The van der Waals surface area contributed by atoms with Crippen molar-refractivity contribution in [1.29, 1.82) is 0 Å². The van der Waals surface area contributed by atoms with Crippen LogP contribution in [0.25, 0.3) is 11.1 Å². The van der Waals surface area contributed by atoms with E-state index in [0.29, 0.717) is 28.7 Å². The summed E-state index contributed by atoms with van der Waals surface area (Å²) in [4.78, 5) is 12.7. The lowest BCUT2D eigenvalue weighted by molar-refractivity contribution is 0.0734. The molecule has 0 bridgehead atoms. The van der Waals surface area contributed by atoms with Crippen LogP contribution in [-0.4, -0.2) is 18.7 Å². The highest BCUT2D eigenvalue weighted by atomic mass is 35.5. The Morgan fingerprint density at radius 2 is 1.32 bits per heavy atom. The number of hydrogen-bond donors (Lipinski definition) is 0. The smallest absolute Gasteiger partial charge is 0.343 e. The maximum Gasteiger partial charge on any atom is 0.343 e. The number of rotatable bonds is 18. The number of benzene rings is 3. The van der Waals surface area contributed by atoms with Gasteiger partial charge in [-0.25, -0.2) is 4.79 Å². The van der Waals surface area contributed by atoms with Crippen molar-refractivity contribution in [2.75, 3.05) is 6.61 Å². The fourth-order valence-electron chi connectivity index (χ4n) is 4.56. The minimum Gasteiger partial charge on any atom is -0.492 e. The predicted octanol–water partition coefficient (Wildman–Crippen LogP) is 10.7. The van der Waals surface area contributed by atoms with Crippen molar-refractivity contribution in [3.8, 4) is 28.4 Å². The van der Waals surface area contributed by atoms with E-state index in [0.717, 1.165) is 29.7 Å². The summed E-state index contributed by atoms with van der Waals surface area (Å²) in [5.41, 5.74) is 2.41. The first-order valence-corrected chi connectivity index (χ1v) is 15.4. The van der Waals surface area contributed by atoms with E-state index >= 15 is 0 Å². The van der Waals surface area contributed by atoms with Gasteiger partial charge < -0.3 is 14.2 Å². The van der Waals surface area contributed by atoms with Gasteiger partial charge in [0.05, 0.1) is 23.3 Å². The number of carbonyl (C=O) groups excluding carboxylic acids is 1. The standard InChI is InChI=1S/C35H45ClO4/c1-4-6-8-10-11-13-25-38-34-24-19-30(26-33(34)36)28-15-17-29(18-16-28)35(37)40-32-22-20-31(21-23-32)39-27(3)14-12-9-7-5-2/h15-24,26-27H,4-14,25H2,1-3H3. The summed E-state index contributed by atoms with van der Waals surface area (Å²) in [7, 11) is 0. The molecule has 3 aromatic carbocycles. The Morgan fingerprint density at radius 3 is 2.00 bits per heavy atom. The molecule has 0 heterocycles. The summed E-state index contributed by atoms with van der Waals surface area (Å²) >= 11 is 6.50. The van der Waals surface area contributed by atoms with E-state index in [-0.39, 0.29) is 6.10 Å².